The highest BCUT2D eigenvalue weighted by Gasteiger charge is 2.54. The number of hydrogen-bond donors (Lipinski definition) is 1. The quantitative estimate of drug-likeness (QED) is 0.523. The van der Waals surface area contributed by atoms with Gasteiger partial charge in [0.25, 0.3) is 5.69 Å². The zero-order valence-corrected chi connectivity index (χ0v) is 10.2. The molecule has 1 rings (SSSR count). The van der Waals surface area contributed by atoms with Crippen molar-refractivity contribution in [3.63, 3.8) is 0 Å². The van der Waals surface area contributed by atoms with Crippen molar-refractivity contribution in [3.8, 4) is 0 Å². The molecule has 0 bridgehead atoms. The lowest BCUT2D eigenvalue weighted by molar-refractivity contribution is -0.384. The Morgan fingerprint density at radius 3 is 2.20 bits per heavy atom. The van der Waals surface area contributed by atoms with Gasteiger partial charge >= 0.3 is 12.3 Å². The van der Waals surface area contributed by atoms with Crippen LogP contribution in [0.3, 0.4) is 0 Å². The monoisotopic (exact) mass is 293 g/mol. The third-order valence-corrected chi connectivity index (χ3v) is 2.60. The molecule has 0 saturated carbocycles. The summed E-state index contributed by atoms with van der Waals surface area (Å²) in [5.41, 5.74) is -3.13. The highest BCUT2D eigenvalue weighted by Crippen LogP contribution is 2.36. The lowest BCUT2D eigenvalue weighted by Gasteiger charge is -2.30. The molecule has 0 heterocycles. The molecule has 0 spiro atoms. The minimum absolute atomic E-state index is 0.0664. The van der Waals surface area contributed by atoms with Gasteiger partial charge in [0.15, 0.2) is 0 Å². The first kappa shape index (κ1) is 15.7. The number of hydrogen-bond acceptors (Lipinski definition) is 4. The number of carbonyl (C=O) groups is 1. The zero-order chi connectivity index (χ0) is 15.6. The number of nitro groups is 1. The summed E-state index contributed by atoms with van der Waals surface area (Å²) in [7, 11) is 0. The van der Waals surface area contributed by atoms with Crippen molar-refractivity contribution < 1.29 is 32.7 Å². The Kier molecular flexibility index (Phi) is 4.21. The fourth-order valence-electron chi connectivity index (χ4n) is 1.51. The van der Waals surface area contributed by atoms with Gasteiger partial charge in [-0.3, -0.25) is 10.1 Å². The number of carboxylic acid groups (broad SMARTS) is 1. The van der Waals surface area contributed by atoms with E-state index in [4.69, 9.17) is 5.11 Å². The molecule has 1 atom stereocenters. The van der Waals surface area contributed by atoms with Crippen molar-refractivity contribution in [2.24, 2.45) is 0 Å². The predicted molar refractivity (Wildman–Crippen MR) is 60.4 cm³/mol. The molecule has 0 aromatic heterocycles. The lowest BCUT2D eigenvalue weighted by atomic mass is 9.95. The Bertz CT molecular complexity index is 514. The van der Waals surface area contributed by atoms with Crippen LogP contribution >= 0.6 is 0 Å². The number of halogens is 3. The number of nitrogens with zero attached hydrogens (tertiary/aromatic N) is 1. The molecule has 0 fully saturated rings. The molecule has 1 aromatic carbocycles. The van der Waals surface area contributed by atoms with Crippen molar-refractivity contribution in [1.82, 2.24) is 0 Å². The van der Waals surface area contributed by atoms with Crippen LogP contribution in [0, 0.1) is 10.1 Å². The first-order chi connectivity index (χ1) is 9.05. The molecule has 0 aliphatic heterocycles. The fourth-order valence-corrected chi connectivity index (χ4v) is 1.51. The summed E-state index contributed by atoms with van der Waals surface area (Å²) < 4.78 is 42.5. The SMILES string of the molecule is CC(Cc1ccc([N+](=O)[O-])cc1)(OC(=O)O)C(F)(F)F. The van der Waals surface area contributed by atoms with Crippen LogP contribution in [-0.2, 0) is 11.2 Å². The highest BCUT2D eigenvalue weighted by molar-refractivity contribution is 5.57. The lowest BCUT2D eigenvalue weighted by Crippen LogP contribution is -2.48. The van der Waals surface area contributed by atoms with Crippen LogP contribution in [0.1, 0.15) is 12.5 Å². The van der Waals surface area contributed by atoms with Crippen LogP contribution in [0.2, 0.25) is 0 Å². The minimum atomic E-state index is -4.91. The average molecular weight is 293 g/mol. The maximum atomic E-state index is 12.9. The summed E-state index contributed by atoms with van der Waals surface area (Å²) in [5, 5.41) is 18.8. The van der Waals surface area contributed by atoms with Crippen LogP contribution < -0.4 is 0 Å². The van der Waals surface area contributed by atoms with Gasteiger partial charge < -0.3 is 9.84 Å². The third-order valence-electron chi connectivity index (χ3n) is 2.60. The minimum Gasteiger partial charge on any atom is -0.450 e. The summed E-state index contributed by atoms with van der Waals surface area (Å²) in [5.74, 6) is 0. The molecule has 6 nitrogen and oxygen atoms in total. The second kappa shape index (κ2) is 5.35. The molecule has 1 N–H and O–H groups in total. The van der Waals surface area contributed by atoms with Crippen molar-refractivity contribution in [2.45, 2.75) is 25.1 Å². The van der Waals surface area contributed by atoms with Gasteiger partial charge in [0.05, 0.1) is 4.92 Å². The molecule has 110 valence electrons. The molecule has 0 saturated heterocycles. The van der Waals surface area contributed by atoms with E-state index in [-0.39, 0.29) is 11.3 Å². The molecule has 0 radical (unpaired) electrons. The molecule has 1 unspecified atom stereocenters. The van der Waals surface area contributed by atoms with E-state index < -0.39 is 29.3 Å². The topological polar surface area (TPSA) is 89.7 Å². The Hall–Kier alpha value is -2.32. The maximum Gasteiger partial charge on any atom is 0.506 e. The number of benzene rings is 1. The van der Waals surface area contributed by atoms with Crippen molar-refractivity contribution >= 4 is 11.8 Å². The van der Waals surface area contributed by atoms with E-state index in [0.717, 1.165) is 24.3 Å². The molecule has 20 heavy (non-hydrogen) atoms. The van der Waals surface area contributed by atoms with E-state index in [9.17, 15) is 28.1 Å². The summed E-state index contributed by atoms with van der Waals surface area (Å²) >= 11 is 0. The average Bonchev–Trinajstić information content (AvgIpc) is 2.26. The Balaban J connectivity index is 3.01. The predicted octanol–water partition coefficient (Wildman–Crippen LogP) is 3.15. The normalized spacial score (nSPS) is 14.4. The zero-order valence-electron chi connectivity index (χ0n) is 10.2. The van der Waals surface area contributed by atoms with Crippen molar-refractivity contribution in [1.29, 1.82) is 0 Å². The largest absolute Gasteiger partial charge is 0.506 e. The number of ether oxygens (including phenoxy) is 1. The molecule has 0 aliphatic carbocycles. The van der Waals surface area contributed by atoms with Gasteiger partial charge in [-0.25, -0.2) is 4.79 Å². The summed E-state index contributed by atoms with van der Waals surface area (Å²) in [6, 6.07) is 4.31. The Morgan fingerprint density at radius 2 is 1.85 bits per heavy atom. The van der Waals surface area contributed by atoms with E-state index in [2.05, 4.69) is 4.74 Å². The second-order valence-electron chi connectivity index (χ2n) is 4.20. The molecular weight excluding hydrogens is 283 g/mol. The molecular formula is C11H10F3NO5. The van der Waals surface area contributed by atoms with Crippen LogP contribution in [0.25, 0.3) is 0 Å². The Morgan fingerprint density at radius 1 is 1.35 bits per heavy atom. The number of nitro benzene ring substituents is 1. The van der Waals surface area contributed by atoms with Gasteiger partial charge in [-0.05, 0) is 12.5 Å². The van der Waals surface area contributed by atoms with Gasteiger partial charge in [0.1, 0.15) is 0 Å². The second-order valence-corrected chi connectivity index (χ2v) is 4.20. The van der Waals surface area contributed by atoms with E-state index in [1.54, 1.807) is 0 Å². The van der Waals surface area contributed by atoms with E-state index >= 15 is 0 Å². The van der Waals surface area contributed by atoms with Crippen LogP contribution in [0.15, 0.2) is 24.3 Å². The highest BCUT2D eigenvalue weighted by atomic mass is 19.4. The van der Waals surface area contributed by atoms with Crippen LogP contribution in [0.5, 0.6) is 0 Å². The number of rotatable bonds is 4. The van der Waals surface area contributed by atoms with E-state index in [0.29, 0.717) is 6.92 Å². The molecule has 1 aromatic rings. The fraction of sp³-hybridized carbons (Fsp3) is 0.364. The smallest absolute Gasteiger partial charge is 0.450 e. The number of alkyl halides is 3. The first-order valence-electron chi connectivity index (χ1n) is 5.27. The van der Waals surface area contributed by atoms with E-state index in [1.165, 1.54) is 0 Å². The van der Waals surface area contributed by atoms with Crippen LogP contribution in [-0.4, -0.2) is 28.0 Å². The van der Waals surface area contributed by atoms with E-state index in [1.807, 2.05) is 0 Å². The Labute approximate surface area is 110 Å². The molecule has 0 aliphatic rings. The number of non-ortho nitro benzene ring substituents is 1. The summed E-state index contributed by atoms with van der Waals surface area (Å²) in [4.78, 5) is 20.1. The molecule has 0 amide bonds. The van der Waals surface area contributed by atoms with Gasteiger partial charge in [-0.15, -0.1) is 0 Å². The summed E-state index contributed by atoms with van der Waals surface area (Å²) in [6.45, 7) is 0.600. The van der Waals surface area contributed by atoms with Crippen molar-refractivity contribution in [2.75, 3.05) is 0 Å². The van der Waals surface area contributed by atoms with Gasteiger partial charge in [-0.1, -0.05) is 12.1 Å². The van der Waals surface area contributed by atoms with Crippen molar-refractivity contribution in [3.05, 3.63) is 39.9 Å². The van der Waals surface area contributed by atoms with Gasteiger partial charge in [-0.2, -0.15) is 13.2 Å². The van der Waals surface area contributed by atoms with Crippen LogP contribution in [0.4, 0.5) is 23.7 Å². The summed E-state index contributed by atoms with van der Waals surface area (Å²) in [6.07, 6.45) is -7.74. The standard InChI is InChI=1S/C11H10F3NO5/c1-10(11(12,13)14,20-9(16)17)6-7-2-4-8(5-3-7)15(18)19/h2-5H,6H2,1H3,(H,16,17). The molecule has 9 heteroatoms. The first-order valence-corrected chi connectivity index (χ1v) is 5.27. The maximum absolute atomic E-state index is 12.9. The van der Waals surface area contributed by atoms with Gasteiger partial charge in [0.2, 0.25) is 5.60 Å². The van der Waals surface area contributed by atoms with Gasteiger partial charge in [0, 0.05) is 18.6 Å². The third kappa shape index (κ3) is 3.59.